The van der Waals surface area contributed by atoms with E-state index in [4.69, 9.17) is 23.2 Å². The third kappa shape index (κ3) is 3.74. The van der Waals surface area contributed by atoms with Crippen molar-refractivity contribution >= 4 is 46.3 Å². The molecule has 1 aliphatic rings. The van der Waals surface area contributed by atoms with Crippen LogP contribution in [0.4, 0.5) is 5.69 Å². The first-order chi connectivity index (χ1) is 15.2. The molecule has 1 saturated heterocycles. The first-order valence-corrected chi connectivity index (χ1v) is 10.6. The quantitative estimate of drug-likeness (QED) is 0.283. The van der Waals surface area contributed by atoms with Crippen LogP contribution in [0.25, 0.3) is 5.76 Å². The fourth-order valence-corrected chi connectivity index (χ4v) is 4.16. The van der Waals surface area contributed by atoms with Crippen LogP contribution < -0.4 is 4.90 Å². The third-order valence-corrected chi connectivity index (χ3v) is 6.12. The van der Waals surface area contributed by atoms with Gasteiger partial charge >= 0.3 is 0 Å². The molecule has 5 nitrogen and oxygen atoms in total. The number of aliphatic hydroxyl groups is 1. The van der Waals surface area contributed by atoms with Crippen LogP contribution in [0, 0.1) is 13.8 Å². The number of aryl methyl sites for hydroxylation is 2. The lowest BCUT2D eigenvalue weighted by molar-refractivity contribution is -0.132. The molecule has 1 aliphatic heterocycles. The van der Waals surface area contributed by atoms with Crippen molar-refractivity contribution in [3.05, 3.63) is 98.5 Å². The molecule has 0 spiro atoms. The maximum Gasteiger partial charge on any atom is 0.300 e. The zero-order valence-corrected chi connectivity index (χ0v) is 18.8. The normalized spacial score (nSPS) is 17.8. The van der Waals surface area contributed by atoms with Gasteiger partial charge in [-0.25, -0.2) is 0 Å². The van der Waals surface area contributed by atoms with Crippen molar-refractivity contribution in [3.8, 4) is 5.75 Å². The number of phenols is 1. The van der Waals surface area contributed by atoms with Gasteiger partial charge in [0.05, 0.1) is 27.3 Å². The van der Waals surface area contributed by atoms with Crippen molar-refractivity contribution in [1.82, 2.24) is 0 Å². The third-order valence-electron chi connectivity index (χ3n) is 5.39. The average Bonchev–Trinajstić information content (AvgIpc) is 3.02. The molecule has 0 saturated carbocycles. The number of benzene rings is 3. The Kier molecular flexibility index (Phi) is 5.71. The van der Waals surface area contributed by atoms with Gasteiger partial charge in [-0.05, 0) is 55.3 Å². The Morgan fingerprint density at radius 3 is 2.31 bits per heavy atom. The van der Waals surface area contributed by atoms with Crippen LogP contribution >= 0.6 is 23.2 Å². The van der Waals surface area contributed by atoms with Crippen LogP contribution in [0.5, 0.6) is 5.75 Å². The number of carbonyl (C=O) groups is 2. The predicted octanol–water partition coefficient (Wildman–Crippen LogP) is 5.94. The Morgan fingerprint density at radius 1 is 0.906 bits per heavy atom. The van der Waals surface area contributed by atoms with Gasteiger partial charge in [-0.3, -0.25) is 14.5 Å². The van der Waals surface area contributed by atoms with Crippen LogP contribution in [0.1, 0.15) is 28.3 Å². The van der Waals surface area contributed by atoms with Gasteiger partial charge in [-0.1, -0.05) is 59.1 Å². The highest BCUT2D eigenvalue weighted by atomic mass is 35.5. The molecule has 0 aromatic heterocycles. The smallest absolute Gasteiger partial charge is 0.300 e. The topological polar surface area (TPSA) is 77.8 Å². The van der Waals surface area contributed by atoms with Gasteiger partial charge in [0.25, 0.3) is 11.7 Å². The van der Waals surface area contributed by atoms with E-state index < -0.39 is 17.7 Å². The molecule has 3 aromatic rings. The molecule has 3 aromatic carbocycles. The van der Waals surface area contributed by atoms with Crippen molar-refractivity contribution < 1.29 is 19.8 Å². The molecule has 0 aliphatic carbocycles. The van der Waals surface area contributed by atoms with E-state index in [0.717, 1.165) is 11.1 Å². The predicted molar refractivity (Wildman–Crippen MR) is 125 cm³/mol. The molecule has 4 rings (SSSR count). The number of hydrogen-bond donors (Lipinski definition) is 2. The number of amides is 1. The minimum absolute atomic E-state index is 0.0973. The first-order valence-electron chi connectivity index (χ1n) is 9.81. The molecular weight excluding hydrogens is 449 g/mol. The number of aliphatic hydroxyl groups excluding tert-OH is 1. The number of halogens is 2. The van der Waals surface area contributed by atoms with E-state index in [1.54, 1.807) is 24.3 Å². The Morgan fingerprint density at radius 2 is 1.62 bits per heavy atom. The van der Waals surface area contributed by atoms with E-state index in [1.807, 2.05) is 26.0 Å². The first kappa shape index (κ1) is 21.9. The molecule has 32 heavy (non-hydrogen) atoms. The maximum absolute atomic E-state index is 13.2. The van der Waals surface area contributed by atoms with Crippen molar-refractivity contribution in [2.24, 2.45) is 0 Å². The summed E-state index contributed by atoms with van der Waals surface area (Å²) in [5.41, 5.74) is 2.67. The van der Waals surface area contributed by atoms with E-state index in [2.05, 4.69) is 0 Å². The highest BCUT2D eigenvalue weighted by molar-refractivity contribution is 6.52. The molecule has 1 unspecified atom stereocenters. The van der Waals surface area contributed by atoms with E-state index >= 15 is 0 Å². The molecular formula is C25H19Cl2NO4. The SMILES string of the molecule is Cc1cccc(C2/C(=C(/O)c3ccc(Cl)c(Cl)c3)C(=O)C(=O)N2c2cc(C)ccc2O)c1. The zero-order chi connectivity index (χ0) is 23.2. The van der Waals surface area contributed by atoms with Crippen LogP contribution in [0.15, 0.2) is 66.2 Å². The summed E-state index contributed by atoms with van der Waals surface area (Å²) in [5, 5.41) is 22.1. The standard InChI is InChI=1S/C25H19Cl2NO4/c1-13-4-3-5-15(10-13)22-21(23(30)16-7-8-17(26)18(27)12-16)24(31)25(32)28(22)19-11-14(2)6-9-20(19)29/h3-12,22,29-30H,1-2H3/b23-21-. The van der Waals surface area contributed by atoms with Gasteiger partial charge in [0.2, 0.25) is 0 Å². The summed E-state index contributed by atoms with van der Waals surface area (Å²) >= 11 is 12.1. The van der Waals surface area contributed by atoms with Gasteiger partial charge in [0.1, 0.15) is 11.5 Å². The number of ketones is 1. The summed E-state index contributed by atoms with van der Waals surface area (Å²) in [6, 6.07) is 15.6. The van der Waals surface area contributed by atoms with Gasteiger partial charge in [0.15, 0.2) is 0 Å². The van der Waals surface area contributed by atoms with Crippen LogP contribution in [0.2, 0.25) is 10.0 Å². The Bertz CT molecular complexity index is 1300. The minimum Gasteiger partial charge on any atom is -0.507 e. The molecule has 2 N–H and O–H groups in total. The largest absolute Gasteiger partial charge is 0.507 e. The van der Waals surface area contributed by atoms with Crippen molar-refractivity contribution in [2.75, 3.05) is 4.90 Å². The summed E-state index contributed by atoms with van der Waals surface area (Å²) in [5.74, 6) is -2.23. The summed E-state index contributed by atoms with van der Waals surface area (Å²) < 4.78 is 0. The average molecular weight is 468 g/mol. The molecule has 0 bridgehead atoms. The summed E-state index contributed by atoms with van der Waals surface area (Å²) in [7, 11) is 0. The number of carbonyl (C=O) groups excluding carboxylic acids is 2. The molecule has 1 heterocycles. The van der Waals surface area contributed by atoms with Gasteiger partial charge < -0.3 is 10.2 Å². The molecule has 162 valence electrons. The van der Waals surface area contributed by atoms with E-state index in [9.17, 15) is 19.8 Å². The van der Waals surface area contributed by atoms with E-state index in [1.165, 1.54) is 29.2 Å². The van der Waals surface area contributed by atoms with Crippen LogP contribution in [0.3, 0.4) is 0 Å². The number of rotatable bonds is 3. The number of aromatic hydroxyl groups is 1. The van der Waals surface area contributed by atoms with Gasteiger partial charge in [-0.2, -0.15) is 0 Å². The molecule has 1 amide bonds. The Hall–Kier alpha value is -3.28. The molecule has 7 heteroatoms. The Labute approximate surface area is 195 Å². The van der Waals surface area contributed by atoms with Crippen LogP contribution in [-0.2, 0) is 9.59 Å². The zero-order valence-electron chi connectivity index (χ0n) is 17.3. The lowest BCUT2D eigenvalue weighted by Crippen LogP contribution is -2.29. The number of nitrogens with zero attached hydrogens (tertiary/aromatic N) is 1. The molecule has 1 atom stereocenters. The van der Waals surface area contributed by atoms with Crippen molar-refractivity contribution in [1.29, 1.82) is 0 Å². The van der Waals surface area contributed by atoms with Crippen molar-refractivity contribution in [2.45, 2.75) is 19.9 Å². The lowest BCUT2D eigenvalue weighted by Gasteiger charge is -2.26. The fraction of sp³-hybridized carbons (Fsp3) is 0.120. The lowest BCUT2D eigenvalue weighted by atomic mass is 9.94. The second-order valence-electron chi connectivity index (χ2n) is 7.70. The summed E-state index contributed by atoms with van der Waals surface area (Å²) in [6.07, 6.45) is 0. The second-order valence-corrected chi connectivity index (χ2v) is 8.52. The fourth-order valence-electron chi connectivity index (χ4n) is 3.86. The Balaban J connectivity index is 2.00. The minimum atomic E-state index is -0.947. The van der Waals surface area contributed by atoms with Crippen molar-refractivity contribution in [3.63, 3.8) is 0 Å². The molecule has 1 fully saturated rings. The highest BCUT2D eigenvalue weighted by Gasteiger charge is 2.47. The monoisotopic (exact) mass is 467 g/mol. The number of hydrogen-bond acceptors (Lipinski definition) is 4. The van der Waals surface area contributed by atoms with E-state index in [0.29, 0.717) is 10.6 Å². The molecule has 0 radical (unpaired) electrons. The summed E-state index contributed by atoms with van der Waals surface area (Å²) in [4.78, 5) is 27.6. The summed E-state index contributed by atoms with van der Waals surface area (Å²) in [6.45, 7) is 3.70. The number of anilines is 1. The highest BCUT2D eigenvalue weighted by Crippen LogP contribution is 2.45. The van der Waals surface area contributed by atoms with Crippen LogP contribution in [-0.4, -0.2) is 21.9 Å². The number of Topliss-reactive ketones (excluding diaryl/α,β-unsaturated/α-hetero) is 1. The van der Waals surface area contributed by atoms with Gasteiger partial charge in [-0.15, -0.1) is 0 Å². The maximum atomic E-state index is 13.2. The van der Waals surface area contributed by atoms with Gasteiger partial charge in [0, 0.05) is 5.56 Å². The number of phenolic OH excluding ortho intramolecular Hbond substituents is 1. The van der Waals surface area contributed by atoms with E-state index in [-0.39, 0.29) is 33.4 Å². The second kappa shape index (κ2) is 8.34.